The summed E-state index contributed by atoms with van der Waals surface area (Å²) < 4.78 is 13.0. The number of nitrogens with zero attached hydrogens (tertiary/aromatic N) is 2. The van der Waals surface area contributed by atoms with Crippen molar-refractivity contribution < 1.29 is 9.31 Å². The normalized spacial score (nSPS) is 21.4. The van der Waals surface area contributed by atoms with Gasteiger partial charge in [-0.05, 0) is 13.3 Å². The smallest absolute Gasteiger partial charge is 0.258 e. The Morgan fingerprint density at radius 3 is 2.89 bits per heavy atom. The van der Waals surface area contributed by atoms with Gasteiger partial charge >= 0.3 is 0 Å². The van der Waals surface area contributed by atoms with Gasteiger partial charge in [-0.15, -0.1) is 11.3 Å². The van der Waals surface area contributed by atoms with Gasteiger partial charge in [0.05, 0.1) is 10.6 Å². The second kappa shape index (κ2) is 4.38. The molecular weight excluding hydrogens is 267 g/mol. The van der Waals surface area contributed by atoms with Gasteiger partial charge in [-0.2, -0.15) is 0 Å². The number of aryl methyl sites for hydroxylation is 1. The zero-order valence-electron chi connectivity index (χ0n) is 10.2. The van der Waals surface area contributed by atoms with E-state index in [1.807, 2.05) is 11.4 Å². The molecule has 1 heterocycles. The van der Waals surface area contributed by atoms with Crippen LogP contribution in [0.2, 0.25) is 0 Å². The lowest BCUT2D eigenvalue weighted by molar-refractivity contribution is -0.385. The predicted octanol–water partition coefficient (Wildman–Crippen LogP) is 3.85. The summed E-state index contributed by atoms with van der Waals surface area (Å²) in [5.41, 5.74) is 2.18. The number of hydrogen-bond donors (Lipinski definition) is 0. The largest absolute Gasteiger partial charge is 0.273 e. The molecule has 1 fully saturated rings. The first-order valence-corrected chi connectivity index (χ1v) is 6.79. The first kappa shape index (κ1) is 12.2. The van der Waals surface area contributed by atoms with Gasteiger partial charge in [-0.3, -0.25) is 10.1 Å². The third kappa shape index (κ3) is 2.23. The van der Waals surface area contributed by atoms with Crippen molar-refractivity contribution in [2.75, 3.05) is 0 Å². The summed E-state index contributed by atoms with van der Waals surface area (Å²) in [7, 11) is 0. The van der Waals surface area contributed by atoms with Gasteiger partial charge in [-0.25, -0.2) is 9.37 Å². The maximum absolute atomic E-state index is 13.0. The minimum Gasteiger partial charge on any atom is -0.258 e. The summed E-state index contributed by atoms with van der Waals surface area (Å²) >= 11 is 1.40. The van der Waals surface area contributed by atoms with Gasteiger partial charge < -0.3 is 0 Å². The zero-order valence-corrected chi connectivity index (χ0v) is 11.0. The van der Waals surface area contributed by atoms with Crippen LogP contribution in [0.5, 0.6) is 0 Å². The zero-order chi connectivity index (χ0) is 13.6. The fraction of sp³-hybridized carbons (Fsp3) is 0.308. The van der Waals surface area contributed by atoms with Crippen LogP contribution in [0, 0.1) is 17.0 Å². The van der Waals surface area contributed by atoms with E-state index in [9.17, 15) is 14.5 Å². The van der Waals surface area contributed by atoms with Gasteiger partial charge in [0.25, 0.3) is 5.69 Å². The topological polar surface area (TPSA) is 56.0 Å². The Morgan fingerprint density at radius 1 is 1.53 bits per heavy atom. The molecule has 0 radical (unpaired) electrons. The van der Waals surface area contributed by atoms with Crippen molar-refractivity contribution in [1.82, 2.24) is 4.98 Å². The molecule has 1 aromatic heterocycles. The number of alkyl halides is 1. The minimum absolute atomic E-state index is 0.0783. The quantitative estimate of drug-likeness (QED) is 0.633. The second-order valence-electron chi connectivity index (χ2n) is 4.69. The Labute approximate surface area is 113 Å². The molecule has 0 unspecified atom stereocenters. The molecule has 1 aliphatic carbocycles. The van der Waals surface area contributed by atoms with Crippen molar-refractivity contribution in [3.05, 3.63) is 45.0 Å². The second-order valence-corrected chi connectivity index (χ2v) is 5.55. The first-order valence-electron chi connectivity index (χ1n) is 5.91. The number of aromatic nitrogens is 1. The SMILES string of the molecule is Cc1ccc(-c2nc([C@H]3C[C@@H]3F)cs2)cc1[N+](=O)[O-]. The van der Waals surface area contributed by atoms with E-state index in [4.69, 9.17) is 0 Å². The molecule has 0 bridgehead atoms. The molecule has 0 amide bonds. The molecular formula is C13H11FN2O2S. The summed E-state index contributed by atoms with van der Waals surface area (Å²) in [6.07, 6.45) is -0.237. The van der Waals surface area contributed by atoms with E-state index in [1.165, 1.54) is 17.4 Å². The van der Waals surface area contributed by atoms with Crippen LogP contribution in [-0.4, -0.2) is 16.1 Å². The molecule has 0 saturated heterocycles. The van der Waals surface area contributed by atoms with E-state index in [0.717, 1.165) is 5.69 Å². The van der Waals surface area contributed by atoms with Crippen LogP contribution < -0.4 is 0 Å². The van der Waals surface area contributed by atoms with Crippen LogP contribution in [-0.2, 0) is 0 Å². The molecule has 1 aliphatic rings. The van der Waals surface area contributed by atoms with E-state index >= 15 is 0 Å². The summed E-state index contributed by atoms with van der Waals surface area (Å²) in [5.74, 6) is -0.0783. The molecule has 0 aliphatic heterocycles. The van der Waals surface area contributed by atoms with E-state index < -0.39 is 11.1 Å². The molecule has 19 heavy (non-hydrogen) atoms. The van der Waals surface area contributed by atoms with E-state index in [0.29, 0.717) is 22.6 Å². The van der Waals surface area contributed by atoms with Crippen LogP contribution in [0.15, 0.2) is 23.6 Å². The van der Waals surface area contributed by atoms with Crippen LogP contribution in [0.3, 0.4) is 0 Å². The lowest BCUT2D eigenvalue weighted by Gasteiger charge is -2.00. The molecule has 98 valence electrons. The highest BCUT2D eigenvalue weighted by Gasteiger charge is 2.40. The maximum atomic E-state index is 13.0. The van der Waals surface area contributed by atoms with Crippen molar-refractivity contribution in [3.8, 4) is 10.6 Å². The summed E-state index contributed by atoms with van der Waals surface area (Å²) in [6, 6.07) is 5.05. The number of benzene rings is 1. The van der Waals surface area contributed by atoms with Gasteiger partial charge in [0, 0.05) is 28.5 Å². The van der Waals surface area contributed by atoms with Crippen molar-refractivity contribution in [2.24, 2.45) is 0 Å². The van der Waals surface area contributed by atoms with Gasteiger partial charge in [-0.1, -0.05) is 12.1 Å². The third-order valence-electron chi connectivity index (χ3n) is 3.27. The van der Waals surface area contributed by atoms with E-state index in [2.05, 4.69) is 4.98 Å². The van der Waals surface area contributed by atoms with Crippen LogP contribution >= 0.6 is 11.3 Å². The number of hydrogen-bond acceptors (Lipinski definition) is 4. The summed E-state index contributed by atoms with van der Waals surface area (Å²) in [6.45, 7) is 1.70. The highest BCUT2D eigenvalue weighted by molar-refractivity contribution is 7.13. The molecule has 4 nitrogen and oxygen atoms in total. The number of nitro benzene ring substituents is 1. The molecule has 1 aromatic carbocycles. The highest BCUT2D eigenvalue weighted by Crippen LogP contribution is 2.44. The van der Waals surface area contributed by atoms with Crippen LogP contribution in [0.4, 0.5) is 10.1 Å². The average Bonchev–Trinajstić information content (AvgIpc) is 2.91. The van der Waals surface area contributed by atoms with Gasteiger partial charge in [0.1, 0.15) is 11.2 Å². The molecule has 3 rings (SSSR count). The van der Waals surface area contributed by atoms with Crippen LogP contribution in [0.1, 0.15) is 23.6 Å². The molecule has 0 N–H and O–H groups in total. The Morgan fingerprint density at radius 2 is 2.26 bits per heavy atom. The number of halogens is 1. The van der Waals surface area contributed by atoms with Crippen molar-refractivity contribution in [1.29, 1.82) is 0 Å². The Balaban J connectivity index is 1.95. The fourth-order valence-electron chi connectivity index (χ4n) is 2.00. The minimum atomic E-state index is -0.776. The van der Waals surface area contributed by atoms with E-state index in [-0.39, 0.29) is 11.6 Å². The highest BCUT2D eigenvalue weighted by atomic mass is 32.1. The lowest BCUT2D eigenvalue weighted by Crippen LogP contribution is -1.92. The Kier molecular flexibility index (Phi) is 2.82. The van der Waals surface area contributed by atoms with Crippen molar-refractivity contribution in [3.63, 3.8) is 0 Å². The maximum Gasteiger partial charge on any atom is 0.273 e. The van der Waals surface area contributed by atoms with Crippen molar-refractivity contribution in [2.45, 2.75) is 25.4 Å². The van der Waals surface area contributed by atoms with Gasteiger partial charge in [0.15, 0.2) is 0 Å². The lowest BCUT2D eigenvalue weighted by atomic mass is 10.1. The predicted molar refractivity (Wildman–Crippen MR) is 71.2 cm³/mol. The molecule has 6 heteroatoms. The summed E-state index contributed by atoms with van der Waals surface area (Å²) in [5, 5.41) is 13.5. The third-order valence-corrected chi connectivity index (χ3v) is 4.18. The number of rotatable bonds is 3. The molecule has 2 atom stereocenters. The van der Waals surface area contributed by atoms with Gasteiger partial charge in [0.2, 0.25) is 0 Å². The van der Waals surface area contributed by atoms with Crippen LogP contribution in [0.25, 0.3) is 10.6 Å². The van der Waals surface area contributed by atoms with Crippen molar-refractivity contribution >= 4 is 17.0 Å². The fourth-order valence-corrected chi connectivity index (χ4v) is 2.88. The molecule has 0 spiro atoms. The number of thiazole rings is 1. The average molecular weight is 278 g/mol. The standard InChI is InChI=1S/C13H11FN2O2S/c1-7-2-3-8(4-12(7)16(17)18)13-15-11(6-19-13)9-5-10(9)14/h2-4,6,9-10H,5H2,1H3/t9-,10-/m0/s1. The monoisotopic (exact) mass is 278 g/mol. The van der Waals surface area contributed by atoms with E-state index in [1.54, 1.807) is 13.0 Å². The molecule has 1 saturated carbocycles. The number of nitro groups is 1. The first-order chi connectivity index (χ1) is 9.06. The Hall–Kier alpha value is -1.82. The summed E-state index contributed by atoms with van der Waals surface area (Å²) in [4.78, 5) is 14.9. The molecule has 2 aromatic rings. The Bertz CT molecular complexity index is 656.